The average molecular weight is 334 g/mol. The molecule has 0 fully saturated rings. The predicted octanol–water partition coefficient (Wildman–Crippen LogP) is 3.27. The Bertz CT molecular complexity index is 852. The predicted molar refractivity (Wildman–Crippen MR) is 82.4 cm³/mol. The first-order valence-corrected chi connectivity index (χ1v) is 7.23. The molecule has 0 spiro atoms. The second-order valence-corrected chi connectivity index (χ2v) is 5.47. The van der Waals surface area contributed by atoms with E-state index in [1.165, 1.54) is 4.90 Å². The summed E-state index contributed by atoms with van der Waals surface area (Å²) in [5.41, 5.74) is 1.40. The fraction of sp³-hybridized carbons (Fsp3) is 0.176. The van der Waals surface area contributed by atoms with Gasteiger partial charge in [-0.25, -0.2) is 13.2 Å². The number of hydrogen-bond donors (Lipinski definition) is 1. The van der Waals surface area contributed by atoms with Crippen LogP contribution in [0.3, 0.4) is 0 Å². The maximum Gasteiger partial charge on any atom is 0.258 e. The summed E-state index contributed by atoms with van der Waals surface area (Å²) in [4.78, 5) is 25.3. The fourth-order valence-electron chi connectivity index (χ4n) is 2.63. The van der Waals surface area contributed by atoms with E-state index in [-0.39, 0.29) is 5.91 Å². The van der Waals surface area contributed by atoms with Gasteiger partial charge in [-0.3, -0.25) is 9.59 Å². The van der Waals surface area contributed by atoms with Gasteiger partial charge in [0, 0.05) is 24.8 Å². The normalized spacial score (nSPS) is 13.7. The highest BCUT2D eigenvalue weighted by molar-refractivity contribution is 6.05. The fourth-order valence-corrected chi connectivity index (χ4v) is 2.63. The summed E-state index contributed by atoms with van der Waals surface area (Å²) in [6, 6.07) is 6.48. The van der Waals surface area contributed by atoms with Crippen molar-refractivity contribution in [3.63, 3.8) is 0 Å². The summed E-state index contributed by atoms with van der Waals surface area (Å²) in [6.45, 7) is 0. The molecule has 2 aromatic carbocycles. The first-order valence-electron chi connectivity index (χ1n) is 7.23. The summed E-state index contributed by atoms with van der Waals surface area (Å²) < 4.78 is 39.8. The van der Waals surface area contributed by atoms with Gasteiger partial charge in [0.05, 0.1) is 5.56 Å². The largest absolute Gasteiger partial charge is 0.322 e. The van der Waals surface area contributed by atoms with Crippen LogP contribution in [0.4, 0.5) is 24.5 Å². The Morgan fingerprint density at radius 1 is 1.08 bits per heavy atom. The molecular weight excluding hydrogens is 321 g/mol. The molecule has 0 unspecified atom stereocenters. The molecule has 1 aliphatic rings. The van der Waals surface area contributed by atoms with E-state index in [2.05, 4.69) is 5.32 Å². The van der Waals surface area contributed by atoms with Gasteiger partial charge in [-0.1, -0.05) is 0 Å². The molecule has 24 heavy (non-hydrogen) atoms. The van der Waals surface area contributed by atoms with Crippen LogP contribution in [-0.4, -0.2) is 18.9 Å². The van der Waals surface area contributed by atoms with Crippen molar-refractivity contribution in [2.24, 2.45) is 0 Å². The van der Waals surface area contributed by atoms with Crippen molar-refractivity contribution in [2.75, 3.05) is 17.3 Å². The van der Waals surface area contributed by atoms with E-state index in [9.17, 15) is 22.8 Å². The molecule has 1 aliphatic heterocycles. The molecule has 1 N–H and O–H groups in total. The number of benzene rings is 2. The molecule has 2 amide bonds. The van der Waals surface area contributed by atoms with Gasteiger partial charge in [0.1, 0.15) is 0 Å². The van der Waals surface area contributed by atoms with Crippen LogP contribution in [0.1, 0.15) is 22.3 Å². The number of rotatable bonds is 2. The lowest BCUT2D eigenvalue weighted by Crippen LogP contribution is -2.31. The van der Waals surface area contributed by atoms with E-state index in [1.807, 2.05) is 0 Å². The maximum atomic E-state index is 13.7. The van der Waals surface area contributed by atoms with Crippen molar-refractivity contribution >= 4 is 23.2 Å². The molecule has 4 nitrogen and oxygen atoms in total. The quantitative estimate of drug-likeness (QED) is 0.857. The van der Waals surface area contributed by atoms with Crippen LogP contribution in [-0.2, 0) is 11.2 Å². The third kappa shape index (κ3) is 2.73. The van der Waals surface area contributed by atoms with Crippen LogP contribution in [0.5, 0.6) is 0 Å². The van der Waals surface area contributed by atoms with E-state index in [0.717, 1.165) is 17.3 Å². The SMILES string of the molecule is CN1C(=O)CCc2cc(NC(=O)c3ccc(F)c(F)c3F)ccc21. The Kier molecular flexibility index (Phi) is 4.01. The molecule has 3 rings (SSSR count). The Balaban J connectivity index is 1.86. The number of amides is 2. The Hall–Kier alpha value is -2.83. The lowest BCUT2D eigenvalue weighted by atomic mass is 10.0. The van der Waals surface area contributed by atoms with Crippen molar-refractivity contribution in [3.8, 4) is 0 Å². The number of nitrogens with zero attached hydrogens (tertiary/aromatic N) is 1. The first-order chi connectivity index (χ1) is 11.4. The highest BCUT2D eigenvalue weighted by Gasteiger charge is 2.22. The molecule has 0 saturated heterocycles. The van der Waals surface area contributed by atoms with Gasteiger partial charge < -0.3 is 10.2 Å². The molecule has 1 heterocycles. The number of nitrogens with one attached hydrogen (secondary N) is 1. The van der Waals surface area contributed by atoms with E-state index in [1.54, 1.807) is 25.2 Å². The molecule has 0 saturated carbocycles. The molecule has 7 heteroatoms. The van der Waals surface area contributed by atoms with E-state index in [0.29, 0.717) is 24.6 Å². The average Bonchev–Trinajstić information content (AvgIpc) is 2.56. The number of anilines is 2. The zero-order chi connectivity index (χ0) is 17.4. The van der Waals surface area contributed by atoms with E-state index >= 15 is 0 Å². The molecule has 0 bridgehead atoms. The minimum absolute atomic E-state index is 0.00291. The second-order valence-electron chi connectivity index (χ2n) is 5.47. The van der Waals surface area contributed by atoms with Gasteiger partial charge in [-0.15, -0.1) is 0 Å². The van der Waals surface area contributed by atoms with Crippen LogP contribution in [0.25, 0.3) is 0 Å². The van der Waals surface area contributed by atoms with Crippen LogP contribution in [0.2, 0.25) is 0 Å². The Labute approximate surface area is 135 Å². The molecule has 0 aliphatic carbocycles. The molecular formula is C17H13F3N2O2. The Morgan fingerprint density at radius 3 is 2.58 bits per heavy atom. The molecule has 0 aromatic heterocycles. The van der Waals surface area contributed by atoms with Gasteiger partial charge in [0.15, 0.2) is 17.5 Å². The van der Waals surface area contributed by atoms with Crippen molar-refractivity contribution < 1.29 is 22.8 Å². The van der Waals surface area contributed by atoms with Crippen molar-refractivity contribution in [2.45, 2.75) is 12.8 Å². The zero-order valence-electron chi connectivity index (χ0n) is 12.7. The minimum Gasteiger partial charge on any atom is -0.322 e. The maximum absolute atomic E-state index is 13.7. The monoisotopic (exact) mass is 334 g/mol. The number of hydrogen-bond acceptors (Lipinski definition) is 2. The molecule has 124 valence electrons. The summed E-state index contributed by atoms with van der Waals surface area (Å²) in [6.07, 6.45) is 0.889. The number of carbonyl (C=O) groups excluding carboxylic acids is 2. The lowest BCUT2D eigenvalue weighted by molar-refractivity contribution is -0.118. The van der Waals surface area contributed by atoms with Crippen molar-refractivity contribution in [3.05, 3.63) is 58.9 Å². The van der Waals surface area contributed by atoms with Crippen molar-refractivity contribution in [1.82, 2.24) is 0 Å². The van der Waals surface area contributed by atoms with Gasteiger partial charge in [-0.05, 0) is 42.3 Å². The van der Waals surface area contributed by atoms with Crippen LogP contribution < -0.4 is 10.2 Å². The highest BCUT2D eigenvalue weighted by atomic mass is 19.2. The third-order valence-electron chi connectivity index (χ3n) is 3.96. The van der Waals surface area contributed by atoms with Crippen molar-refractivity contribution in [1.29, 1.82) is 0 Å². The Morgan fingerprint density at radius 2 is 1.83 bits per heavy atom. The summed E-state index contributed by atoms with van der Waals surface area (Å²) >= 11 is 0. The topological polar surface area (TPSA) is 49.4 Å². The van der Waals surface area contributed by atoms with Crippen LogP contribution in [0, 0.1) is 17.5 Å². The third-order valence-corrected chi connectivity index (χ3v) is 3.96. The standard InChI is InChI=1S/C17H13F3N2O2/c1-22-13-6-3-10(8-9(13)2-7-14(22)23)21-17(24)11-4-5-12(18)16(20)15(11)19/h3-6,8H,2,7H2,1H3,(H,21,24). The number of carbonyl (C=O) groups is 2. The first kappa shape index (κ1) is 16.0. The minimum atomic E-state index is -1.69. The lowest BCUT2D eigenvalue weighted by Gasteiger charge is -2.26. The van der Waals surface area contributed by atoms with Gasteiger partial charge in [0.2, 0.25) is 5.91 Å². The summed E-state index contributed by atoms with van der Waals surface area (Å²) in [5.74, 6) is -5.45. The van der Waals surface area contributed by atoms with Gasteiger partial charge >= 0.3 is 0 Å². The van der Waals surface area contributed by atoms with Crippen LogP contribution in [0.15, 0.2) is 30.3 Å². The number of aryl methyl sites for hydroxylation is 1. The zero-order valence-corrected chi connectivity index (χ0v) is 12.7. The van der Waals surface area contributed by atoms with E-state index in [4.69, 9.17) is 0 Å². The summed E-state index contributed by atoms with van der Waals surface area (Å²) in [5, 5.41) is 2.45. The van der Waals surface area contributed by atoms with Crippen LogP contribution >= 0.6 is 0 Å². The second kappa shape index (κ2) is 5.99. The molecule has 0 radical (unpaired) electrons. The number of halogens is 3. The molecule has 0 atom stereocenters. The highest BCUT2D eigenvalue weighted by Crippen LogP contribution is 2.29. The smallest absolute Gasteiger partial charge is 0.258 e. The van der Waals surface area contributed by atoms with Gasteiger partial charge in [-0.2, -0.15) is 0 Å². The molecule has 2 aromatic rings. The van der Waals surface area contributed by atoms with Gasteiger partial charge in [0.25, 0.3) is 5.91 Å². The summed E-state index contributed by atoms with van der Waals surface area (Å²) in [7, 11) is 1.66. The van der Waals surface area contributed by atoms with E-state index < -0.39 is 28.9 Å². The number of fused-ring (bicyclic) bond motifs is 1.